The maximum atomic E-state index is 6.26. The third-order valence-corrected chi connectivity index (χ3v) is 4.93. The summed E-state index contributed by atoms with van der Waals surface area (Å²) < 4.78 is 11.4. The lowest BCUT2D eigenvalue weighted by molar-refractivity contribution is 0.171. The van der Waals surface area contributed by atoms with Crippen LogP contribution in [0.4, 0.5) is 0 Å². The zero-order chi connectivity index (χ0) is 18.2. The van der Waals surface area contributed by atoms with E-state index in [1.165, 1.54) is 0 Å². The molecule has 0 N–H and O–H groups in total. The molecule has 2 heterocycles. The van der Waals surface area contributed by atoms with E-state index in [1.807, 2.05) is 54.6 Å². The Kier molecular flexibility index (Phi) is 5.12. The van der Waals surface area contributed by atoms with E-state index in [9.17, 15) is 0 Å². The molecular weight excluding hydrogens is 393 g/mol. The van der Waals surface area contributed by atoms with Gasteiger partial charge in [-0.3, -0.25) is 0 Å². The van der Waals surface area contributed by atoms with Gasteiger partial charge in [0.2, 0.25) is 0 Å². The summed E-state index contributed by atoms with van der Waals surface area (Å²) in [5.41, 5.74) is 5.03. The van der Waals surface area contributed by atoms with Gasteiger partial charge in [0, 0.05) is 16.0 Å². The van der Waals surface area contributed by atoms with E-state index in [4.69, 9.17) is 26.1 Å². The molecule has 28 heavy (non-hydrogen) atoms. The summed E-state index contributed by atoms with van der Waals surface area (Å²) in [6.07, 6.45) is 0. The number of ether oxygens (including phenoxy) is 2. The van der Waals surface area contributed by atoms with Crippen LogP contribution < -0.4 is 9.47 Å². The molecule has 140 valence electrons. The Morgan fingerprint density at radius 3 is 2.36 bits per heavy atom. The van der Waals surface area contributed by atoms with Gasteiger partial charge in [-0.05, 0) is 53.6 Å². The minimum absolute atomic E-state index is 0. The van der Waals surface area contributed by atoms with Crippen LogP contribution in [0.2, 0.25) is 5.02 Å². The Morgan fingerprint density at radius 1 is 0.750 bits per heavy atom. The first-order valence-electron chi connectivity index (χ1n) is 8.84. The molecule has 0 atom stereocenters. The molecule has 0 aliphatic carbocycles. The van der Waals surface area contributed by atoms with Crippen LogP contribution in [0.3, 0.4) is 0 Å². The predicted molar refractivity (Wildman–Crippen MR) is 116 cm³/mol. The SMILES string of the molecule is Cl.Clc1ccc2nc(-c3ccc4c(c3)OCCO4)cc(-c3ccccc3)c2c1. The third-order valence-electron chi connectivity index (χ3n) is 4.69. The van der Waals surface area contributed by atoms with Crippen molar-refractivity contribution in [1.82, 2.24) is 4.98 Å². The monoisotopic (exact) mass is 409 g/mol. The average Bonchev–Trinajstić information content (AvgIpc) is 2.73. The fraction of sp³-hybridized carbons (Fsp3) is 0.0870. The lowest BCUT2D eigenvalue weighted by Gasteiger charge is -2.19. The topological polar surface area (TPSA) is 31.4 Å². The van der Waals surface area contributed by atoms with Crippen molar-refractivity contribution in [2.45, 2.75) is 0 Å². The van der Waals surface area contributed by atoms with Gasteiger partial charge in [0.25, 0.3) is 0 Å². The minimum Gasteiger partial charge on any atom is -0.486 e. The van der Waals surface area contributed by atoms with Crippen LogP contribution in [0.1, 0.15) is 0 Å². The van der Waals surface area contributed by atoms with Crippen molar-refractivity contribution in [3.05, 3.63) is 77.8 Å². The molecule has 0 fully saturated rings. The molecule has 0 spiro atoms. The molecule has 0 amide bonds. The van der Waals surface area contributed by atoms with E-state index >= 15 is 0 Å². The second-order valence-electron chi connectivity index (χ2n) is 6.44. The van der Waals surface area contributed by atoms with Crippen molar-refractivity contribution < 1.29 is 9.47 Å². The molecule has 5 rings (SSSR count). The fourth-order valence-corrected chi connectivity index (χ4v) is 3.58. The van der Waals surface area contributed by atoms with E-state index in [-0.39, 0.29) is 12.4 Å². The highest BCUT2D eigenvalue weighted by atomic mass is 35.5. The lowest BCUT2D eigenvalue weighted by Crippen LogP contribution is -2.15. The van der Waals surface area contributed by atoms with Crippen LogP contribution >= 0.6 is 24.0 Å². The van der Waals surface area contributed by atoms with Gasteiger partial charge in [-0.25, -0.2) is 4.98 Å². The molecule has 1 aromatic heterocycles. The molecule has 1 aliphatic heterocycles. The summed E-state index contributed by atoms with van der Waals surface area (Å²) in [5, 5.41) is 1.74. The van der Waals surface area contributed by atoms with E-state index in [2.05, 4.69) is 18.2 Å². The standard InChI is InChI=1S/C23H16ClNO2.ClH/c24-17-7-8-20-19(13-17)18(15-4-2-1-3-5-15)14-21(25-20)16-6-9-22-23(12-16)27-11-10-26-22;/h1-9,12-14H,10-11H2;1H. The van der Waals surface area contributed by atoms with Gasteiger partial charge in [-0.15, -0.1) is 12.4 Å². The number of aromatic nitrogens is 1. The highest BCUT2D eigenvalue weighted by Gasteiger charge is 2.15. The average molecular weight is 410 g/mol. The molecule has 0 saturated carbocycles. The summed E-state index contributed by atoms with van der Waals surface area (Å²) in [4.78, 5) is 4.87. The maximum absolute atomic E-state index is 6.26. The first-order valence-corrected chi connectivity index (χ1v) is 9.21. The number of fused-ring (bicyclic) bond motifs is 2. The van der Waals surface area contributed by atoms with Gasteiger partial charge in [-0.2, -0.15) is 0 Å². The quantitative estimate of drug-likeness (QED) is 0.382. The van der Waals surface area contributed by atoms with Crippen molar-refractivity contribution in [3.63, 3.8) is 0 Å². The first-order chi connectivity index (χ1) is 13.3. The van der Waals surface area contributed by atoms with Crippen molar-refractivity contribution in [2.75, 3.05) is 13.2 Å². The van der Waals surface area contributed by atoms with Crippen molar-refractivity contribution in [1.29, 1.82) is 0 Å². The number of halogens is 2. The predicted octanol–water partition coefficient (Wildman–Crippen LogP) is 6.42. The van der Waals surface area contributed by atoms with E-state index in [0.29, 0.717) is 18.2 Å². The fourth-order valence-electron chi connectivity index (χ4n) is 3.41. The highest BCUT2D eigenvalue weighted by molar-refractivity contribution is 6.31. The molecule has 1 aliphatic rings. The Bertz CT molecular complexity index is 1150. The van der Waals surface area contributed by atoms with E-state index in [0.717, 1.165) is 44.8 Å². The lowest BCUT2D eigenvalue weighted by atomic mass is 9.98. The van der Waals surface area contributed by atoms with Crippen LogP contribution in [-0.2, 0) is 0 Å². The molecule has 0 unspecified atom stereocenters. The van der Waals surface area contributed by atoms with Crippen LogP contribution in [-0.4, -0.2) is 18.2 Å². The molecule has 3 aromatic carbocycles. The number of hydrogen-bond acceptors (Lipinski definition) is 3. The zero-order valence-corrected chi connectivity index (χ0v) is 16.5. The molecule has 5 heteroatoms. The number of nitrogens with zero attached hydrogens (tertiary/aromatic N) is 1. The van der Waals surface area contributed by atoms with Crippen molar-refractivity contribution >= 4 is 34.9 Å². The van der Waals surface area contributed by atoms with Gasteiger partial charge in [0.05, 0.1) is 11.2 Å². The van der Waals surface area contributed by atoms with Gasteiger partial charge in [0.15, 0.2) is 11.5 Å². The molecule has 3 nitrogen and oxygen atoms in total. The number of pyridine rings is 1. The molecule has 0 radical (unpaired) electrons. The van der Waals surface area contributed by atoms with Crippen LogP contribution in [0.5, 0.6) is 11.5 Å². The van der Waals surface area contributed by atoms with Crippen LogP contribution in [0, 0.1) is 0 Å². The zero-order valence-electron chi connectivity index (χ0n) is 14.9. The van der Waals surface area contributed by atoms with Gasteiger partial charge in [0.1, 0.15) is 13.2 Å². The Balaban J connectivity index is 0.00000192. The Hall–Kier alpha value is -2.75. The number of rotatable bonds is 2. The molecule has 4 aromatic rings. The number of benzene rings is 3. The number of hydrogen-bond donors (Lipinski definition) is 0. The first kappa shape index (κ1) is 18.6. The second-order valence-corrected chi connectivity index (χ2v) is 6.88. The molecular formula is C23H17Cl2NO2. The smallest absolute Gasteiger partial charge is 0.162 e. The Morgan fingerprint density at radius 2 is 1.54 bits per heavy atom. The van der Waals surface area contributed by atoms with E-state index < -0.39 is 0 Å². The summed E-state index contributed by atoms with van der Waals surface area (Å²) >= 11 is 6.26. The van der Waals surface area contributed by atoms with Crippen LogP contribution in [0.25, 0.3) is 33.3 Å². The summed E-state index contributed by atoms with van der Waals surface area (Å²) in [7, 11) is 0. The Labute approximate surface area is 174 Å². The van der Waals surface area contributed by atoms with Crippen molar-refractivity contribution in [2.24, 2.45) is 0 Å². The molecule has 0 bridgehead atoms. The van der Waals surface area contributed by atoms with Crippen LogP contribution in [0.15, 0.2) is 72.8 Å². The largest absolute Gasteiger partial charge is 0.486 e. The van der Waals surface area contributed by atoms with E-state index in [1.54, 1.807) is 0 Å². The van der Waals surface area contributed by atoms with Gasteiger partial charge < -0.3 is 9.47 Å². The third kappa shape index (κ3) is 3.39. The second kappa shape index (κ2) is 7.70. The maximum Gasteiger partial charge on any atom is 0.162 e. The molecule has 0 saturated heterocycles. The van der Waals surface area contributed by atoms with Gasteiger partial charge in [-0.1, -0.05) is 41.9 Å². The normalized spacial score (nSPS) is 12.5. The highest BCUT2D eigenvalue weighted by Crippen LogP contribution is 2.37. The minimum atomic E-state index is 0. The van der Waals surface area contributed by atoms with Crippen molar-refractivity contribution in [3.8, 4) is 33.9 Å². The summed E-state index contributed by atoms with van der Waals surface area (Å²) in [6, 6.07) is 24.2. The van der Waals surface area contributed by atoms with Gasteiger partial charge >= 0.3 is 0 Å². The summed E-state index contributed by atoms with van der Waals surface area (Å²) in [6.45, 7) is 1.15. The summed E-state index contributed by atoms with van der Waals surface area (Å²) in [5.74, 6) is 1.54.